The minimum absolute atomic E-state index is 0.00676. The number of hydrogen-bond donors (Lipinski definition) is 5. The molecule has 7 amide bonds. The van der Waals surface area contributed by atoms with E-state index in [0.29, 0.717) is 50.1 Å². The predicted molar refractivity (Wildman–Crippen MR) is 291 cm³/mol. The molecule has 0 unspecified atom stereocenters. The van der Waals surface area contributed by atoms with Gasteiger partial charge < -0.3 is 59.8 Å². The lowest BCUT2D eigenvalue weighted by molar-refractivity contribution is -0.200. The summed E-state index contributed by atoms with van der Waals surface area (Å²) in [5, 5.41) is 16.5. The molecule has 1 heterocycles. The Morgan fingerprint density at radius 3 is 1.76 bits per heavy atom. The van der Waals surface area contributed by atoms with Gasteiger partial charge >= 0.3 is 29.9 Å². The fraction of sp³-hybridized carbons (Fsp3) is 0.649. The summed E-state index contributed by atoms with van der Waals surface area (Å²) in [6, 6.07) is 9.57. The highest BCUT2D eigenvalue weighted by molar-refractivity contribution is 6.01. The molecule has 23 heteroatoms. The number of hydrogen-bond acceptors (Lipinski definition) is 17. The summed E-state index contributed by atoms with van der Waals surface area (Å²) in [4.78, 5) is 133. The van der Waals surface area contributed by atoms with Crippen molar-refractivity contribution in [1.29, 1.82) is 0 Å². The van der Waals surface area contributed by atoms with Crippen LogP contribution < -0.4 is 26.6 Å². The summed E-state index contributed by atoms with van der Waals surface area (Å²) < 4.78 is 32.5. The lowest BCUT2D eigenvalue weighted by Crippen LogP contribution is -2.53. The first kappa shape index (κ1) is 65.8. The summed E-state index contributed by atoms with van der Waals surface area (Å²) in [5.74, 6) is -5.22. The first-order chi connectivity index (χ1) is 37.6. The third-order valence-corrected chi connectivity index (χ3v) is 12.4. The number of carbonyl (C=O) groups is 10. The number of carbonyl (C=O) groups excluding carboxylic acids is 10. The lowest BCUT2D eigenvalue weighted by Gasteiger charge is -2.29. The molecular weight excluding hydrogens is 1040 g/mol. The molecule has 1 saturated heterocycles. The first-order valence-electron chi connectivity index (χ1n) is 27.5. The Kier molecular flexibility index (Phi) is 26.2. The zero-order valence-corrected chi connectivity index (χ0v) is 48.0. The number of benzene rings is 2. The van der Waals surface area contributed by atoms with Gasteiger partial charge in [0, 0.05) is 44.7 Å². The molecule has 3 atom stereocenters. The second kappa shape index (κ2) is 31.9. The quantitative estimate of drug-likeness (QED) is 0.0310. The molecule has 444 valence electrons. The van der Waals surface area contributed by atoms with Crippen LogP contribution in [0.1, 0.15) is 139 Å². The maximum Gasteiger partial charge on any atom is 0.358 e. The molecule has 23 nitrogen and oxygen atoms in total. The number of esters is 3. The number of nitrogens with zero attached hydrogens (tertiary/aromatic N) is 1. The second-order valence-electron chi connectivity index (χ2n) is 22.9. The number of fused-ring (bicyclic) bond motifs is 1. The van der Waals surface area contributed by atoms with Crippen LogP contribution in [0.5, 0.6) is 0 Å². The van der Waals surface area contributed by atoms with Gasteiger partial charge in [-0.1, -0.05) is 42.5 Å². The van der Waals surface area contributed by atoms with E-state index in [1.54, 1.807) is 62.3 Å². The largest absolute Gasteiger partial charge is 0.460 e. The van der Waals surface area contributed by atoms with Crippen molar-refractivity contribution in [2.45, 2.75) is 174 Å². The number of amides is 7. The van der Waals surface area contributed by atoms with Crippen LogP contribution in [0.2, 0.25) is 0 Å². The fourth-order valence-corrected chi connectivity index (χ4v) is 8.55. The number of ether oxygens (including phenoxy) is 6. The van der Waals surface area contributed by atoms with Gasteiger partial charge in [0.2, 0.25) is 17.7 Å². The van der Waals surface area contributed by atoms with E-state index >= 15 is 0 Å². The Morgan fingerprint density at radius 2 is 1.16 bits per heavy atom. The third-order valence-electron chi connectivity index (χ3n) is 12.4. The maximum atomic E-state index is 14.0. The van der Waals surface area contributed by atoms with E-state index < -0.39 is 83.3 Å². The van der Waals surface area contributed by atoms with E-state index in [4.69, 9.17) is 33.3 Å². The average Bonchev–Trinajstić information content (AvgIpc) is 3.68. The topological polar surface area (TPSA) is 299 Å². The highest BCUT2D eigenvalue weighted by Crippen LogP contribution is 2.29. The van der Waals surface area contributed by atoms with Crippen molar-refractivity contribution >= 4 is 70.2 Å². The average molecular weight is 1130 g/mol. The Hall–Kier alpha value is -6.72. The molecule has 2 fully saturated rings. The highest BCUT2D eigenvalue weighted by Gasteiger charge is 2.35. The SMILES string of the molecule is CC(C)(C)OC(=O)CC[C@H](NC(=O)N[C@@H](CCCCNC(=O)[C@H](Cc1ccc2ccccc2c1)NC(=O)C1CCC(CNC(=O)COCCOCCOCC(=O)ON2C(=O)CCC2=O)CC1)C(=O)OC(C)(C)C)C(=O)OC(C)(C)C. The molecule has 0 bridgehead atoms. The molecule has 0 spiro atoms. The van der Waals surface area contributed by atoms with Gasteiger partial charge in [-0.05, 0) is 136 Å². The molecule has 1 aliphatic carbocycles. The summed E-state index contributed by atoms with van der Waals surface area (Å²) in [6.45, 7) is 15.7. The van der Waals surface area contributed by atoms with Crippen LogP contribution in [0.3, 0.4) is 0 Å². The number of nitrogens with one attached hydrogen (secondary N) is 5. The summed E-state index contributed by atoms with van der Waals surface area (Å²) in [5.41, 5.74) is -1.69. The molecule has 5 N–H and O–H groups in total. The second-order valence-corrected chi connectivity index (χ2v) is 22.9. The van der Waals surface area contributed by atoms with Crippen molar-refractivity contribution in [3.63, 3.8) is 0 Å². The van der Waals surface area contributed by atoms with Crippen molar-refractivity contribution in [3.05, 3.63) is 48.0 Å². The smallest absolute Gasteiger partial charge is 0.358 e. The Balaban J connectivity index is 1.23. The molecule has 2 aromatic rings. The molecule has 0 radical (unpaired) electrons. The minimum Gasteiger partial charge on any atom is -0.460 e. The van der Waals surface area contributed by atoms with Gasteiger partial charge in [-0.25, -0.2) is 19.2 Å². The first-order valence-corrected chi connectivity index (χ1v) is 27.5. The number of unbranched alkanes of at least 4 members (excludes halogenated alkanes) is 1. The van der Waals surface area contributed by atoms with Crippen LogP contribution in [-0.4, -0.2) is 152 Å². The van der Waals surface area contributed by atoms with E-state index in [1.807, 2.05) is 42.5 Å². The zero-order chi connectivity index (χ0) is 59.0. The van der Waals surface area contributed by atoms with Gasteiger partial charge in [0.05, 0.1) is 26.4 Å². The standard InChI is InChI=1S/C57H84N6O17/c1-55(2,3)77-48(67)26-23-43(53(72)79-57(7,8)9)62-54(73)61-42(52(71)78-56(4,5)6)16-12-13-27-58-51(70)44(33-38-19-20-39-14-10-11-15-41(39)32-38)60-50(69)40-21-17-37(18-22-40)34-59-45(64)35-75-30-28-74-29-31-76-36-49(68)80-63-46(65)24-25-47(63)66/h10-11,14-15,19-20,32,37,40,42-44H,12-13,16-18,21-31,33-36H2,1-9H3,(H,58,70)(H,59,64)(H,60,69)(H2,61,62,73)/t37?,40?,42-,43-,44-/m0/s1. The lowest BCUT2D eigenvalue weighted by atomic mass is 9.81. The number of imide groups is 1. The van der Waals surface area contributed by atoms with E-state index in [9.17, 15) is 47.9 Å². The molecule has 4 rings (SSSR count). The van der Waals surface area contributed by atoms with Crippen LogP contribution in [0.15, 0.2) is 42.5 Å². The van der Waals surface area contributed by atoms with Crippen molar-refractivity contribution in [2.75, 3.05) is 52.7 Å². The van der Waals surface area contributed by atoms with E-state index in [1.165, 1.54) is 0 Å². The van der Waals surface area contributed by atoms with Crippen molar-refractivity contribution in [1.82, 2.24) is 31.6 Å². The zero-order valence-electron chi connectivity index (χ0n) is 48.0. The summed E-state index contributed by atoms with van der Waals surface area (Å²) in [7, 11) is 0. The van der Waals surface area contributed by atoms with Gasteiger partial charge in [-0.2, -0.15) is 0 Å². The maximum absolute atomic E-state index is 14.0. The van der Waals surface area contributed by atoms with Crippen LogP contribution in [0, 0.1) is 11.8 Å². The Labute approximate surface area is 468 Å². The molecule has 1 saturated carbocycles. The van der Waals surface area contributed by atoms with Crippen molar-refractivity contribution < 1.29 is 81.2 Å². The minimum atomic E-state index is -1.25. The van der Waals surface area contributed by atoms with Crippen LogP contribution in [-0.2, 0) is 82.8 Å². The van der Waals surface area contributed by atoms with Gasteiger partial charge in [-0.3, -0.25) is 28.8 Å². The van der Waals surface area contributed by atoms with Gasteiger partial charge in [-0.15, -0.1) is 5.06 Å². The van der Waals surface area contributed by atoms with Gasteiger partial charge in [0.25, 0.3) is 11.8 Å². The van der Waals surface area contributed by atoms with Gasteiger partial charge in [0.1, 0.15) is 48.1 Å². The summed E-state index contributed by atoms with van der Waals surface area (Å²) >= 11 is 0. The fourth-order valence-electron chi connectivity index (χ4n) is 8.55. The van der Waals surface area contributed by atoms with Crippen LogP contribution in [0.4, 0.5) is 4.79 Å². The van der Waals surface area contributed by atoms with Gasteiger partial charge in [0.15, 0.2) is 0 Å². The van der Waals surface area contributed by atoms with Crippen LogP contribution in [0.25, 0.3) is 10.8 Å². The predicted octanol–water partition coefficient (Wildman–Crippen LogP) is 4.57. The van der Waals surface area contributed by atoms with Crippen molar-refractivity contribution in [2.24, 2.45) is 11.8 Å². The molecule has 0 aromatic heterocycles. The summed E-state index contributed by atoms with van der Waals surface area (Å²) in [6.07, 6.45) is 3.23. The molecule has 1 aliphatic heterocycles. The van der Waals surface area contributed by atoms with E-state index in [-0.39, 0.29) is 108 Å². The molecule has 2 aliphatic rings. The third kappa shape index (κ3) is 25.6. The van der Waals surface area contributed by atoms with Crippen molar-refractivity contribution in [3.8, 4) is 0 Å². The molecular formula is C57H84N6O17. The Bertz CT molecular complexity index is 2420. The number of rotatable bonds is 30. The highest BCUT2D eigenvalue weighted by atomic mass is 16.7. The molecule has 2 aromatic carbocycles. The van der Waals surface area contributed by atoms with Crippen LogP contribution >= 0.6 is 0 Å². The number of urea groups is 1. The normalized spacial score (nSPS) is 16.9. The monoisotopic (exact) mass is 1120 g/mol. The molecule has 80 heavy (non-hydrogen) atoms. The Morgan fingerprint density at radius 1 is 0.600 bits per heavy atom. The number of hydroxylamine groups is 2. The van der Waals surface area contributed by atoms with E-state index in [2.05, 4.69) is 26.6 Å². The van der Waals surface area contributed by atoms with E-state index in [0.717, 1.165) is 16.3 Å².